The van der Waals surface area contributed by atoms with Crippen LogP contribution in [0.5, 0.6) is 0 Å². The summed E-state index contributed by atoms with van der Waals surface area (Å²) in [6.45, 7) is 4.08. The van der Waals surface area contributed by atoms with Gasteiger partial charge in [-0.15, -0.1) is 0 Å². The summed E-state index contributed by atoms with van der Waals surface area (Å²) in [7, 11) is 0. The van der Waals surface area contributed by atoms with Gasteiger partial charge in [-0.2, -0.15) is 0 Å². The smallest absolute Gasteiger partial charge is 0.226 e. The van der Waals surface area contributed by atoms with Gasteiger partial charge in [0, 0.05) is 5.41 Å². The number of para-hydroxylation sites is 2. The average molecular weight is 285 g/mol. The zero-order chi connectivity index (χ0) is 14.9. The van der Waals surface area contributed by atoms with Gasteiger partial charge in [-0.3, -0.25) is 4.79 Å². The highest BCUT2D eigenvalue weighted by atomic mass is 16.2. The first kappa shape index (κ1) is 14.1. The van der Waals surface area contributed by atoms with Crippen LogP contribution in [-0.4, -0.2) is 15.9 Å². The number of hydrogen-bond acceptors (Lipinski definition) is 2. The second-order valence-electron chi connectivity index (χ2n) is 6.46. The van der Waals surface area contributed by atoms with Gasteiger partial charge in [-0.1, -0.05) is 38.3 Å². The Bertz CT molecular complexity index is 607. The number of rotatable bonds is 3. The Morgan fingerprint density at radius 1 is 1.29 bits per heavy atom. The highest BCUT2D eigenvalue weighted by Crippen LogP contribution is 2.36. The first-order chi connectivity index (χ1) is 10.1. The predicted octanol–water partition coefficient (Wildman–Crippen LogP) is 3.71. The number of fused-ring (bicyclic) bond motifs is 1. The summed E-state index contributed by atoms with van der Waals surface area (Å²) in [5.41, 5.74) is 1.74. The largest absolute Gasteiger partial charge is 0.346 e. The fourth-order valence-corrected chi connectivity index (χ4v) is 3.18. The highest BCUT2D eigenvalue weighted by Gasteiger charge is 2.35. The number of hydrogen-bond donors (Lipinski definition) is 2. The summed E-state index contributed by atoms with van der Waals surface area (Å²) in [5, 5.41) is 3.13. The van der Waals surface area contributed by atoms with Gasteiger partial charge in [0.05, 0.1) is 17.1 Å². The van der Waals surface area contributed by atoms with E-state index in [0.29, 0.717) is 0 Å². The van der Waals surface area contributed by atoms with Crippen LogP contribution >= 0.6 is 0 Å². The zero-order valence-corrected chi connectivity index (χ0v) is 12.8. The number of aromatic amines is 1. The molecular weight excluding hydrogens is 262 g/mol. The van der Waals surface area contributed by atoms with Crippen LogP contribution < -0.4 is 5.32 Å². The Labute approximate surface area is 125 Å². The lowest BCUT2D eigenvalue weighted by Crippen LogP contribution is -2.41. The quantitative estimate of drug-likeness (QED) is 0.903. The number of carbonyl (C=O) groups is 1. The number of nitrogens with one attached hydrogen (secondary N) is 2. The molecule has 2 N–H and O–H groups in total. The average Bonchev–Trinajstić information content (AvgIpc) is 2.92. The van der Waals surface area contributed by atoms with Crippen LogP contribution in [0.15, 0.2) is 24.3 Å². The molecule has 112 valence electrons. The number of H-pyrrole nitrogens is 1. The minimum Gasteiger partial charge on any atom is -0.346 e. The summed E-state index contributed by atoms with van der Waals surface area (Å²) >= 11 is 0. The number of benzene rings is 1. The van der Waals surface area contributed by atoms with E-state index in [1.54, 1.807) is 0 Å². The number of nitrogens with zero attached hydrogens (tertiary/aromatic N) is 1. The summed E-state index contributed by atoms with van der Waals surface area (Å²) in [4.78, 5) is 20.4. The number of amides is 1. The highest BCUT2D eigenvalue weighted by molar-refractivity contribution is 5.82. The summed E-state index contributed by atoms with van der Waals surface area (Å²) < 4.78 is 0. The minimum absolute atomic E-state index is 0.0938. The van der Waals surface area contributed by atoms with Crippen molar-refractivity contribution in [2.45, 2.75) is 52.0 Å². The fraction of sp³-hybridized carbons (Fsp3) is 0.529. The topological polar surface area (TPSA) is 57.8 Å². The van der Waals surface area contributed by atoms with Crippen molar-refractivity contribution in [3.05, 3.63) is 30.1 Å². The van der Waals surface area contributed by atoms with E-state index in [9.17, 15) is 4.79 Å². The first-order valence-corrected chi connectivity index (χ1v) is 7.84. The van der Waals surface area contributed by atoms with Crippen LogP contribution in [0.4, 0.5) is 0 Å². The lowest BCUT2D eigenvalue weighted by molar-refractivity contribution is -0.132. The lowest BCUT2D eigenvalue weighted by atomic mass is 9.75. The van der Waals surface area contributed by atoms with Gasteiger partial charge in [0.1, 0.15) is 5.82 Å². The third kappa shape index (κ3) is 2.80. The molecule has 1 aromatic carbocycles. The molecule has 1 unspecified atom stereocenters. The standard InChI is InChI=1S/C17H23N3O/c1-12(15-19-13-8-4-5-9-14(13)20-15)18-16(21)17(2)10-6-3-7-11-17/h4-5,8-9,12H,3,6-7,10-11H2,1-2H3,(H,18,21)(H,19,20). The maximum atomic E-state index is 12.6. The van der Waals surface area contributed by atoms with Crippen molar-refractivity contribution in [3.8, 4) is 0 Å². The van der Waals surface area contributed by atoms with Crippen molar-refractivity contribution in [1.82, 2.24) is 15.3 Å². The predicted molar refractivity (Wildman–Crippen MR) is 83.8 cm³/mol. The van der Waals surface area contributed by atoms with E-state index in [0.717, 1.165) is 42.5 Å². The molecule has 0 saturated heterocycles. The van der Waals surface area contributed by atoms with Crippen molar-refractivity contribution in [2.75, 3.05) is 0 Å². The van der Waals surface area contributed by atoms with Crippen molar-refractivity contribution >= 4 is 16.9 Å². The van der Waals surface area contributed by atoms with Gasteiger partial charge in [0.15, 0.2) is 0 Å². The molecule has 3 rings (SSSR count). The fourth-order valence-electron chi connectivity index (χ4n) is 3.18. The molecule has 21 heavy (non-hydrogen) atoms. The molecular formula is C17H23N3O. The normalized spacial score (nSPS) is 19.3. The van der Waals surface area contributed by atoms with Crippen molar-refractivity contribution in [1.29, 1.82) is 0 Å². The number of imidazole rings is 1. The van der Waals surface area contributed by atoms with Crippen LogP contribution in [0.2, 0.25) is 0 Å². The molecule has 0 spiro atoms. The molecule has 1 heterocycles. The van der Waals surface area contributed by atoms with Gasteiger partial charge in [-0.05, 0) is 31.9 Å². The van der Waals surface area contributed by atoms with Crippen molar-refractivity contribution in [3.63, 3.8) is 0 Å². The number of aromatic nitrogens is 2. The molecule has 1 aliphatic rings. The molecule has 1 atom stereocenters. The first-order valence-electron chi connectivity index (χ1n) is 7.84. The van der Waals surface area contributed by atoms with E-state index >= 15 is 0 Å². The van der Waals surface area contributed by atoms with Gasteiger partial charge in [-0.25, -0.2) is 4.98 Å². The Balaban J connectivity index is 1.73. The zero-order valence-electron chi connectivity index (χ0n) is 12.8. The monoisotopic (exact) mass is 285 g/mol. The summed E-state index contributed by atoms with van der Waals surface area (Å²) in [6, 6.07) is 7.84. The second kappa shape index (κ2) is 5.51. The van der Waals surface area contributed by atoms with E-state index in [2.05, 4.69) is 22.2 Å². The molecule has 2 aromatic rings. The van der Waals surface area contributed by atoms with Crippen LogP contribution in [0.1, 0.15) is 57.8 Å². The molecule has 4 heteroatoms. The third-order valence-corrected chi connectivity index (χ3v) is 4.67. The Morgan fingerprint density at radius 2 is 2.00 bits per heavy atom. The van der Waals surface area contributed by atoms with Gasteiger partial charge >= 0.3 is 0 Å². The molecule has 0 radical (unpaired) electrons. The van der Waals surface area contributed by atoms with Crippen molar-refractivity contribution in [2.24, 2.45) is 5.41 Å². The van der Waals surface area contributed by atoms with Crippen LogP contribution in [0, 0.1) is 5.41 Å². The van der Waals surface area contributed by atoms with Crippen LogP contribution in [0.25, 0.3) is 11.0 Å². The Kier molecular flexibility index (Phi) is 3.70. The van der Waals surface area contributed by atoms with E-state index in [1.165, 1.54) is 6.42 Å². The molecule has 4 nitrogen and oxygen atoms in total. The maximum Gasteiger partial charge on any atom is 0.226 e. The van der Waals surface area contributed by atoms with Crippen LogP contribution in [0.3, 0.4) is 0 Å². The molecule has 1 aliphatic carbocycles. The van der Waals surface area contributed by atoms with Gasteiger partial charge < -0.3 is 10.3 Å². The molecule has 0 aliphatic heterocycles. The van der Waals surface area contributed by atoms with E-state index in [4.69, 9.17) is 0 Å². The van der Waals surface area contributed by atoms with E-state index < -0.39 is 0 Å². The van der Waals surface area contributed by atoms with E-state index in [1.807, 2.05) is 31.2 Å². The lowest BCUT2D eigenvalue weighted by Gasteiger charge is -2.33. The molecule has 0 bridgehead atoms. The van der Waals surface area contributed by atoms with Gasteiger partial charge in [0.25, 0.3) is 0 Å². The van der Waals surface area contributed by atoms with Crippen LogP contribution in [-0.2, 0) is 4.79 Å². The van der Waals surface area contributed by atoms with Gasteiger partial charge in [0.2, 0.25) is 5.91 Å². The third-order valence-electron chi connectivity index (χ3n) is 4.67. The van der Waals surface area contributed by atoms with Crippen molar-refractivity contribution < 1.29 is 4.79 Å². The maximum absolute atomic E-state index is 12.6. The molecule has 1 saturated carbocycles. The summed E-state index contributed by atoms with van der Waals surface area (Å²) in [6.07, 6.45) is 5.55. The summed E-state index contributed by atoms with van der Waals surface area (Å²) in [5.74, 6) is 0.985. The molecule has 1 fully saturated rings. The second-order valence-corrected chi connectivity index (χ2v) is 6.46. The number of carbonyl (C=O) groups excluding carboxylic acids is 1. The van der Waals surface area contributed by atoms with E-state index in [-0.39, 0.29) is 17.4 Å². The minimum atomic E-state index is -0.210. The Morgan fingerprint density at radius 3 is 2.71 bits per heavy atom. The SMILES string of the molecule is CC(NC(=O)C1(C)CCCCC1)c1nc2ccccc2[nH]1. The molecule has 1 aromatic heterocycles. The molecule has 1 amide bonds. The Hall–Kier alpha value is -1.84.